The van der Waals surface area contributed by atoms with Gasteiger partial charge in [-0.3, -0.25) is 14.7 Å². The summed E-state index contributed by atoms with van der Waals surface area (Å²) in [5, 5.41) is 3.06. The van der Waals surface area contributed by atoms with E-state index in [1.54, 1.807) is 11.3 Å². The smallest absolute Gasteiger partial charge is 0.241 e. The van der Waals surface area contributed by atoms with Crippen LogP contribution in [0.3, 0.4) is 0 Å². The van der Waals surface area contributed by atoms with Crippen LogP contribution in [0, 0.1) is 6.92 Å². The van der Waals surface area contributed by atoms with Crippen LogP contribution in [0.5, 0.6) is 0 Å². The third-order valence-corrected chi connectivity index (χ3v) is 4.30. The van der Waals surface area contributed by atoms with Crippen molar-refractivity contribution in [1.82, 2.24) is 9.88 Å². The van der Waals surface area contributed by atoms with Gasteiger partial charge in [-0.2, -0.15) is 0 Å². The lowest BCUT2D eigenvalue weighted by atomic mass is 10.2. The quantitative estimate of drug-likeness (QED) is 0.869. The Balaban J connectivity index is 1.64. The Hall–Kier alpha value is -1.72. The number of carbonyl (C=O) groups excluding carboxylic acids is 1. The molecule has 0 radical (unpaired) electrons. The fourth-order valence-electron chi connectivity index (χ4n) is 2.48. The summed E-state index contributed by atoms with van der Waals surface area (Å²) in [5.74, 6) is 0.180. The Bertz CT molecular complexity index is 597. The van der Waals surface area contributed by atoms with Crippen LogP contribution in [0.4, 0.5) is 5.00 Å². The van der Waals surface area contributed by atoms with Crippen LogP contribution in [0.25, 0.3) is 0 Å². The molecule has 0 unspecified atom stereocenters. The van der Waals surface area contributed by atoms with Gasteiger partial charge in [-0.25, -0.2) is 0 Å². The first kappa shape index (κ1) is 13.3. The maximum absolute atomic E-state index is 12.2. The van der Waals surface area contributed by atoms with E-state index in [0.29, 0.717) is 6.54 Å². The second kappa shape index (κ2) is 5.73. The second-order valence-electron chi connectivity index (χ2n) is 5.08. The van der Waals surface area contributed by atoms with Crippen LogP contribution < -0.4 is 4.90 Å². The third-order valence-electron chi connectivity index (χ3n) is 3.41. The number of hydrogen-bond donors (Lipinski definition) is 0. The zero-order chi connectivity index (χ0) is 13.9. The highest BCUT2D eigenvalue weighted by molar-refractivity contribution is 7.14. The SMILES string of the molecule is Cc1cncc(CN2CCN(c3cccs3)C(=O)C2)c1. The minimum absolute atomic E-state index is 0.180. The van der Waals surface area contributed by atoms with Gasteiger partial charge in [-0.1, -0.05) is 6.07 Å². The summed E-state index contributed by atoms with van der Waals surface area (Å²) in [6.07, 6.45) is 3.73. The molecule has 1 saturated heterocycles. The molecule has 1 aliphatic rings. The zero-order valence-electron chi connectivity index (χ0n) is 11.5. The van der Waals surface area contributed by atoms with E-state index in [2.05, 4.69) is 16.0 Å². The molecular formula is C15H17N3OS. The summed E-state index contributed by atoms with van der Waals surface area (Å²) in [6.45, 7) is 4.97. The molecule has 0 aliphatic carbocycles. The van der Waals surface area contributed by atoms with Crippen molar-refractivity contribution in [2.45, 2.75) is 13.5 Å². The van der Waals surface area contributed by atoms with Crippen LogP contribution >= 0.6 is 11.3 Å². The lowest BCUT2D eigenvalue weighted by molar-refractivity contribution is -0.121. The number of aromatic nitrogens is 1. The molecule has 2 aromatic heterocycles. The van der Waals surface area contributed by atoms with E-state index in [1.165, 1.54) is 5.56 Å². The van der Waals surface area contributed by atoms with Crippen molar-refractivity contribution in [3.8, 4) is 0 Å². The first-order valence-electron chi connectivity index (χ1n) is 6.69. The van der Waals surface area contributed by atoms with Crippen LogP contribution in [0.2, 0.25) is 0 Å². The number of pyridine rings is 1. The zero-order valence-corrected chi connectivity index (χ0v) is 12.3. The number of carbonyl (C=O) groups is 1. The molecule has 1 aliphatic heterocycles. The van der Waals surface area contributed by atoms with E-state index < -0.39 is 0 Å². The average molecular weight is 287 g/mol. The Morgan fingerprint density at radius 3 is 2.95 bits per heavy atom. The van der Waals surface area contributed by atoms with E-state index in [-0.39, 0.29) is 5.91 Å². The highest BCUT2D eigenvalue weighted by Gasteiger charge is 2.25. The predicted molar refractivity (Wildman–Crippen MR) is 80.9 cm³/mol. The Morgan fingerprint density at radius 1 is 1.35 bits per heavy atom. The normalized spacial score (nSPS) is 16.6. The number of amides is 1. The van der Waals surface area contributed by atoms with E-state index in [9.17, 15) is 4.79 Å². The van der Waals surface area contributed by atoms with Gasteiger partial charge < -0.3 is 4.90 Å². The first-order chi connectivity index (χ1) is 9.72. The van der Waals surface area contributed by atoms with Gasteiger partial charge in [0, 0.05) is 32.0 Å². The van der Waals surface area contributed by atoms with Crippen molar-refractivity contribution in [3.05, 3.63) is 47.1 Å². The molecular weight excluding hydrogens is 270 g/mol. The summed E-state index contributed by atoms with van der Waals surface area (Å²) < 4.78 is 0. The molecule has 0 N–H and O–H groups in total. The molecule has 104 valence electrons. The minimum atomic E-state index is 0.180. The average Bonchev–Trinajstić information content (AvgIpc) is 2.92. The molecule has 20 heavy (non-hydrogen) atoms. The maximum atomic E-state index is 12.2. The maximum Gasteiger partial charge on any atom is 0.241 e. The summed E-state index contributed by atoms with van der Waals surface area (Å²) in [7, 11) is 0. The molecule has 1 amide bonds. The first-order valence-corrected chi connectivity index (χ1v) is 7.57. The van der Waals surface area contributed by atoms with Gasteiger partial charge in [-0.15, -0.1) is 11.3 Å². The van der Waals surface area contributed by atoms with Crippen LogP contribution in [0.1, 0.15) is 11.1 Å². The van der Waals surface area contributed by atoms with Crippen molar-refractivity contribution in [3.63, 3.8) is 0 Å². The van der Waals surface area contributed by atoms with Gasteiger partial charge in [0.2, 0.25) is 5.91 Å². The molecule has 0 aromatic carbocycles. The fraction of sp³-hybridized carbons (Fsp3) is 0.333. The van der Waals surface area contributed by atoms with Gasteiger partial charge in [0.1, 0.15) is 0 Å². The van der Waals surface area contributed by atoms with E-state index in [1.807, 2.05) is 41.7 Å². The molecule has 3 heterocycles. The second-order valence-corrected chi connectivity index (χ2v) is 6.00. The highest BCUT2D eigenvalue weighted by Crippen LogP contribution is 2.23. The standard InChI is InChI=1S/C15H17N3OS/c1-12-7-13(9-16-8-12)10-17-4-5-18(14(19)11-17)15-3-2-6-20-15/h2-3,6-9H,4-5,10-11H2,1H3. The molecule has 4 nitrogen and oxygen atoms in total. The molecule has 0 bridgehead atoms. The molecule has 0 saturated carbocycles. The molecule has 0 spiro atoms. The summed E-state index contributed by atoms with van der Waals surface area (Å²) in [4.78, 5) is 20.5. The Morgan fingerprint density at radius 2 is 2.25 bits per heavy atom. The van der Waals surface area contributed by atoms with Crippen LogP contribution in [-0.4, -0.2) is 35.4 Å². The van der Waals surface area contributed by atoms with Crippen LogP contribution in [0.15, 0.2) is 36.0 Å². The fourth-order valence-corrected chi connectivity index (χ4v) is 3.25. The largest absolute Gasteiger partial charge is 0.301 e. The molecule has 2 aromatic rings. The topological polar surface area (TPSA) is 36.4 Å². The van der Waals surface area contributed by atoms with Crippen molar-refractivity contribution >= 4 is 22.2 Å². The number of anilines is 1. The number of nitrogens with zero attached hydrogens (tertiary/aromatic N) is 3. The summed E-state index contributed by atoms with van der Waals surface area (Å²) in [5.41, 5.74) is 2.33. The van der Waals surface area contributed by atoms with Gasteiger partial charge in [0.05, 0.1) is 11.5 Å². The lowest BCUT2D eigenvalue weighted by Gasteiger charge is -2.33. The van der Waals surface area contributed by atoms with Crippen molar-refractivity contribution < 1.29 is 4.79 Å². The van der Waals surface area contributed by atoms with Gasteiger partial charge >= 0.3 is 0 Å². The van der Waals surface area contributed by atoms with E-state index in [0.717, 1.165) is 30.2 Å². The number of thiophene rings is 1. The third kappa shape index (κ3) is 2.89. The molecule has 5 heteroatoms. The van der Waals surface area contributed by atoms with E-state index in [4.69, 9.17) is 0 Å². The molecule has 1 fully saturated rings. The van der Waals surface area contributed by atoms with Gasteiger partial charge in [0.25, 0.3) is 0 Å². The summed E-state index contributed by atoms with van der Waals surface area (Å²) >= 11 is 1.62. The number of rotatable bonds is 3. The monoisotopic (exact) mass is 287 g/mol. The molecule has 0 atom stereocenters. The summed E-state index contributed by atoms with van der Waals surface area (Å²) in [6, 6.07) is 6.11. The van der Waals surface area contributed by atoms with Crippen LogP contribution in [-0.2, 0) is 11.3 Å². The number of hydrogen-bond acceptors (Lipinski definition) is 4. The highest BCUT2D eigenvalue weighted by atomic mass is 32.1. The van der Waals surface area contributed by atoms with Gasteiger partial charge in [0.15, 0.2) is 0 Å². The Kier molecular flexibility index (Phi) is 3.80. The number of piperazine rings is 1. The lowest BCUT2D eigenvalue weighted by Crippen LogP contribution is -2.49. The van der Waals surface area contributed by atoms with Gasteiger partial charge in [-0.05, 0) is 35.6 Å². The number of aryl methyl sites for hydroxylation is 1. The van der Waals surface area contributed by atoms with Crippen molar-refractivity contribution in [2.24, 2.45) is 0 Å². The van der Waals surface area contributed by atoms with E-state index >= 15 is 0 Å². The predicted octanol–water partition coefficient (Wildman–Crippen LogP) is 2.30. The van der Waals surface area contributed by atoms with Crippen molar-refractivity contribution in [1.29, 1.82) is 0 Å². The Labute approximate surface area is 122 Å². The van der Waals surface area contributed by atoms with Crippen molar-refractivity contribution in [2.75, 3.05) is 24.5 Å². The minimum Gasteiger partial charge on any atom is -0.301 e. The molecule has 3 rings (SSSR count).